The van der Waals surface area contributed by atoms with Crippen LogP contribution >= 0.6 is 0 Å². The van der Waals surface area contributed by atoms with E-state index in [9.17, 15) is 4.79 Å². The number of hydrogen-bond acceptors (Lipinski definition) is 3. The largest absolute Gasteiger partial charge is 0.399 e. The Bertz CT molecular complexity index is 546. The zero-order chi connectivity index (χ0) is 14.4. The fourth-order valence-electron chi connectivity index (χ4n) is 3.57. The van der Waals surface area contributed by atoms with Crippen molar-refractivity contribution in [3.63, 3.8) is 0 Å². The van der Waals surface area contributed by atoms with Crippen molar-refractivity contribution < 1.29 is 4.79 Å². The Morgan fingerprint density at radius 1 is 1.19 bits per heavy atom. The fraction of sp³-hybridized carbons (Fsp3) is 0.588. The number of carbonyl (C=O) groups excluding carboxylic acids is 1. The zero-order valence-corrected chi connectivity index (χ0v) is 12.3. The van der Waals surface area contributed by atoms with E-state index in [0.717, 1.165) is 49.6 Å². The lowest BCUT2D eigenvalue weighted by molar-refractivity contribution is -0.124. The summed E-state index contributed by atoms with van der Waals surface area (Å²) in [6.07, 6.45) is 5.70. The molecule has 0 spiro atoms. The second-order valence-electron chi connectivity index (χ2n) is 6.89. The van der Waals surface area contributed by atoms with E-state index in [1.54, 1.807) is 0 Å². The van der Waals surface area contributed by atoms with Gasteiger partial charge in [0.05, 0.1) is 5.41 Å². The minimum atomic E-state index is -0.277. The quantitative estimate of drug-likeness (QED) is 0.827. The lowest BCUT2D eigenvalue weighted by Crippen LogP contribution is -2.43. The van der Waals surface area contributed by atoms with Gasteiger partial charge in [0.25, 0.3) is 0 Å². The van der Waals surface area contributed by atoms with Crippen molar-refractivity contribution in [2.75, 3.05) is 18.8 Å². The molecule has 0 bridgehead atoms. The summed E-state index contributed by atoms with van der Waals surface area (Å²) in [7, 11) is 0. The molecule has 4 heteroatoms. The molecule has 2 aliphatic carbocycles. The van der Waals surface area contributed by atoms with Gasteiger partial charge in [-0.05, 0) is 49.8 Å². The Morgan fingerprint density at radius 2 is 1.90 bits per heavy atom. The summed E-state index contributed by atoms with van der Waals surface area (Å²) in [5.74, 6) is 0.218. The molecule has 0 aromatic heterocycles. The molecule has 1 unspecified atom stereocenters. The van der Waals surface area contributed by atoms with Gasteiger partial charge in [-0.25, -0.2) is 0 Å². The fourth-order valence-corrected chi connectivity index (χ4v) is 3.57. The minimum absolute atomic E-state index is 0.218. The van der Waals surface area contributed by atoms with Crippen LogP contribution in [0.5, 0.6) is 0 Å². The molecule has 1 atom stereocenters. The maximum Gasteiger partial charge on any atom is 0.230 e. The third-order valence-electron chi connectivity index (χ3n) is 5.27. The molecule has 112 valence electrons. The molecular weight excluding hydrogens is 262 g/mol. The Hall–Kier alpha value is -1.55. The summed E-state index contributed by atoms with van der Waals surface area (Å²) in [6, 6.07) is 8.95. The summed E-state index contributed by atoms with van der Waals surface area (Å²) >= 11 is 0. The van der Waals surface area contributed by atoms with Gasteiger partial charge < -0.3 is 11.1 Å². The van der Waals surface area contributed by atoms with E-state index in [2.05, 4.69) is 10.2 Å². The molecule has 3 N–H and O–H groups in total. The van der Waals surface area contributed by atoms with Crippen molar-refractivity contribution in [2.45, 2.75) is 49.6 Å². The van der Waals surface area contributed by atoms with Gasteiger partial charge in [-0.2, -0.15) is 0 Å². The first-order valence-corrected chi connectivity index (χ1v) is 8.08. The maximum atomic E-state index is 12.7. The normalized spacial score (nSPS) is 27.5. The Morgan fingerprint density at radius 3 is 2.52 bits per heavy atom. The van der Waals surface area contributed by atoms with E-state index in [-0.39, 0.29) is 11.3 Å². The molecule has 1 aromatic carbocycles. The highest BCUT2D eigenvalue weighted by Crippen LogP contribution is 2.48. The van der Waals surface area contributed by atoms with Crippen LogP contribution in [-0.4, -0.2) is 36.0 Å². The van der Waals surface area contributed by atoms with Gasteiger partial charge in [0.2, 0.25) is 5.91 Å². The van der Waals surface area contributed by atoms with Crippen LogP contribution in [0.4, 0.5) is 5.69 Å². The maximum absolute atomic E-state index is 12.7. The van der Waals surface area contributed by atoms with Crippen molar-refractivity contribution >= 4 is 11.6 Å². The number of nitrogens with two attached hydrogens (primary N) is 1. The molecule has 1 saturated heterocycles. The zero-order valence-electron chi connectivity index (χ0n) is 12.3. The van der Waals surface area contributed by atoms with Gasteiger partial charge >= 0.3 is 0 Å². The van der Waals surface area contributed by atoms with Crippen LogP contribution in [0, 0.1) is 0 Å². The van der Waals surface area contributed by atoms with Gasteiger partial charge in [-0.15, -0.1) is 0 Å². The van der Waals surface area contributed by atoms with Crippen LogP contribution < -0.4 is 11.1 Å². The highest BCUT2D eigenvalue weighted by atomic mass is 16.2. The van der Waals surface area contributed by atoms with Crippen molar-refractivity contribution in [1.29, 1.82) is 0 Å². The number of benzene rings is 1. The van der Waals surface area contributed by atoms with E-state index in [0.29, 0.717) is 6.04 Å². The first-order chi connectivity index (χ1) is 10.2. The second-order valence-corrected chi connectivity index (χ2v) is 6.89. The second kappa shape index (κ2) is 4.73. The molecule has 4 rings (SSSR count). The highest BCUT2D eigenvalue weighted by molar-refractivity contribution is 5.91. The van der Waals surface area contributed by atoms with Crippen LogP contribution in [0.3, 0.4) is 0 Å². The van der Waals surface area contributed by atoms with Gasteiger partial charge in [0.15, 0.2) is 0 Å². The Balaban J connectivity index is 1.41. The number of likely N-dealkylation sites (tertiary alicyclic amines) is 1. The first-order valence-electron chi connectivity index (χ1n) is 8.08. The van der Waals surface area contributed by atoms with Gasteiger partial charge in [-0.1, -0.05) is 12.1 Å². The number of hydrogen-bond donors (Lipinski definition) is 2. The summed E-state index contributed by atoms with van der Waals surface area (Å²) in [5, 5.41) is 3.30. The molecule has 3 aliphatic rings. The number of carbonyl (C=O) groups is 1. The monoisotopic (exact) mass is 285 g/mol. The van der Waals surface area contributed by atoms with Crippen LogP contribution in [0.15, 0.2) is 24.3 Å². The molecule has 2 saturated carbocycles. The SMILES string of the molecule is Nc1ccc(C2(C(=O)NC3CCN(C4CC4)C3)CC2)cc1. The predicted molar refractivity (Wildman–Crippen MR) is 82.9 cm³/mol. The van der Waals surface area contributed by atoms with Crippen molar-refractivity contribution in [3.8, 4) is 0 Å². The molecule has 21 heavy (non-hydrogen) atoms. The molecule has 1 amide bonds. The standard InChI is InChI=1S/C17H23N3O/c18-13-3-1-12(2-4-13)17(8-9-17)16(21)19-14-7-10-20(11-14)15-5-6-15/h1-4,14-15H,5-11,18H2,(H,19,21). The smallest absolute Gasteiger partial charge is 0.230 e. The van der Waals surface area contributed by atoms with Crippen LogP contribution in [0.25, 0.3) is 0 Å². The molecular formula is C17H23N3O. The number of nitrogens with one attached hydrogen (secondary N) is 1. The molecule has 4 nitrogen and oxygen atoms in total. The number of amides is 1. The molecule has 3 fully saturated rings. The third kappa shape index (κ3) is 2.42. The highest BCUT2D eigenvalue weighted by Gasteiger charge is 2.51. The topological polar surface area (TPSA) is 58.4 Å². The van der Waals surface area contributed by atoms with Crippen LogP contribution in [0.2, 0.25) is 0 Å². The number of nitrogens with zero attached hydrogens (tertiary/aromatic N) is 1. The predicted octanol–water partition coefficient (Wildman–Crippen LogP) is 1.65. The average molecular weight is 285 g/mol. The number of rotatable bonds is 4. The lowest BCUT2D eigenvalue weighted by atomic mass is 9.94. The van der Waals surface area contributed by atoms with Gasteiger partial charge in [0, 0.05) is 30.9 Å². The van der Waals surface area contributed by atoms with Crippen molar-refractivity contribution in [2.24, 2.45) is 0 Å². The molecule has 1 aliphatic heterocycles. The van der Waals surface area contributed by atoms with E-state index >= 15 is 0 Å². The third-order valence-corrected chi connectivity index (χ3v) is 5.27. The van der Waals surface area contributed by atoms with Crippen LogP contribution in [-0.2, 0) is 10.2 Å². The Kier molecular flexibility index (Phi) is 2.96. The van der Waals surface area contributed by atoms with Crippen molar-refractivity contribution in [3.05, 3.63) is 29.8 Å². The number of anilines is 1. The van der Waals surface area contributed by atoms with Crippen LogP contribution in [0.1, 0.15) is 37.7 Å². The average Bonchev–Trinajstić information content (AvgIpc) is 3.39. The summed E-state index contributed by atoms with van der Waals surface area (Å²) in [4.78, 5) is 15.2. The minimum Gasteiger partial charge on any atom is -0.399 e. The van der Waals surface area contributed by atoms with E-state index < -0.39 is 0 Å². The summed E-state index contributed by atoms with van der Waals surface area (Å²) in [5.41, 5.74) is 7.34. The lowest BCUT2D eigenvalue weighted by Gasteiger charge is -2.20. The van der Waals surface area contributed by atoms with E-state index in [1.807, 2.05) is 24.3 Å². The molecule has 1 heterocycles. The van der Waals surface area contributed by atoms with E-state index in [4.69, 9.17) is 5.73 Å². The summed E-state index contributed by atoms with van der Waals surface area (Å²) < 4.78 is 0. The first kappa shape index (κ1) is 13.1. The molecule has 0 radical (unpaired) electrons. The van der Waals surface area contributed by atoms with Gasteiger partial charge in [0.1, 0.15) is 0 Å². The summed E-state index contributed by atoms with van der Waals surface area (Å²) in [6.45, 7) is 2.18. The molecule has 1 aromatic rings. The van der Waals surface area contributed by atoms with Gasteiger partial charge in [-0.3, -0.25) is 9.69 Å². The van der Waals surface area contributed by atoms with E-state index in [1.165, 1.54) is 12.8 Å². The number of nitrogen functional groups attached to an aromatic ring is 1. The van der Waals surface area contributed by atoms with Crippen molar-refractivity contribution in [1.82, 2.24) is 10.2 Å². The Labute approximate surface area is 125 Å².